The molecule has 3 nitrogen and oxygen atoms in total. The van der Waals surface area contributed by atoms with Crippen LogP contribution in [0.15, 0.2) is 54.1 Å². The van der Waals surface area contributed by atoms with E-state index in [0.29, 0.717) is 0 Å². The van der Waals surface area contributed by atoms with Crippen LogP contribution in [0.5, 0.6) is 5.75 Å². The maximum atomic E-state index is 12.2. The van der Waals surface area contributed by atoms with Crippen LogP contribution in [-0.2, 0) is 11.0 Å². The lowest BCUT2D eigenvalue weighted by atomic mass is 9.67. The number of nitrogens with zero attached hydrogens (tertiary/aromatic N) is 1. The lowest BCUT2D eigenvalue weighted by Gasteiger charge is -2.44. The van der Waals surface area contributed by atoms with Crippen LogP contribution in [0.4, 0.5) is 0 Å². The first kappa shape index (κ1) is 22.6. The van der Waals surface area contributed by atoms with Gasteiger partial charge in [-0.1, -0.05) is 63.2 Å². The van der Waals surface area contributed by atoms with Crippen molar-refractivity contribution in [2.75, 3.05) is 27.7 Å². The summed E-state index contributed by atoms with van der Waals surface area (Å²) in [6.45, 7) is 7.53. The smallest absolute Gasteiger partial charge is 0.118 e. The molecule has 1 saturated carbocycles. The highest BCUT2D eigenvalue weighted by molar-refractivity contribution is 5.58. The van der Waals surface area contributed by atoms with E-state index in [-0.39, 0.29) is 11.3 Å². The highest BCUT2D eigenvalue weighted by Crippen LogP contribution is 2.46. The molecule has 0 spiro atoms. The maximum absolute atomic E-state index is 12.2. The van der Waals surface area contributed by atoms with Crippen LogP contribution in [-0.4, -0.2) is 37.8 Å². The zero-order valence-corrected chi connectivity index (χ0v) is 19.4. The molecule has 0 aromatic heterocycles. The Morgan fingerprint density at radius 2 is 1.70 bits per heavy atom. The molecule has 0 bridgehead atoms. The Morgan fingerprint density at radius 3 is 2.23 bits per heavy atom. The fraction of sp³-hybridized carbons (Fsp3) is 0.481. The molecule has 1 aliphatic rings. The number of rotatable bonds is 5. The van der Waals surface area contributed by atoms with Crippen molar-refractivity contribution in [3.8, 4) is 5.75 Å². The first-order valence-corrected chi connectivity index (χ1v) is 11.0. The van der Waals surface area contributed by atoms with Crippen molar-refractivity contribution >= 4 is 6.08 Å². The summed E-state index contributed by atoms with van der Waals surface area (Å²) < 4.78 is 5.29. The average molecular weight is 408 g/mol. The maximum Gasteiger partial charge on any atom is 0.118 e. The topological polar surface area (TPSA) is 32.7 Å². The molecule has 1 fully saturated rings. The van der Waals surface area contributed by atoms with E-state index in [1.54, 1.807) is 7.11 Å². The van der Waals surface area contributed by atoms with Crippen LogP contribution in [0, 0.1) is 5.92 Å². The minimum absolute atomic E-state index is 0.0957. The molecule has 0 radical (unpaired) electrons. The zero-order chi connectivity index (χ0) is 21.9. The Kier molecular flexibility index (Phi) is 6.74. The van der Waals surface area contributed by atoms with Crippen LogP contribution in [0.2, 0.25) is 0 Å². The number of methoxy groups -OCH3 is 1. The van der Waals surface area contributed by atoms with Crippen LogP contribution in [0.1, 0.15) is 56.7 Å². The highest BCUT2D eigenvalue weighted by atomic mass is 16.5. The summed E-state index contributed by atoms with van der Waals surface area (Å²) in [5.41, 5.74) is 3.63. The molecule has 2 unspecified atom stereocenters. The van der Waals surface area contributed by atoms with E-state index < -0.39 is 5.60 Å². The van der Waals surface area contributed by atoms with Gasteiger partial charge in [0.05, 0.1) is 7.11 Å². The third kappa shape index (κ3) is 4.79. The van der Waals surface area contributed by atoms with Crippen molar-refractivity contribution in [2.24, 2.45) is 5.92 Å². The molecule has 0 amide bonds. The van der Waals surface area contributed by atoms with E-state index in [1.807, 2.05) is 12.1 Å². The van der Waals surface area contributed by atoms with Crippen molar-refractivity contribution in [3.63, 3.8) is 0 Å². The lowest BCUT2D eigenvalue weighted by Crippen LogP contribution is -2.44. The first-order chi connectivity index (χ1) is 14.1. The molecular weight excluding hydrogens is 370 g/mol. The van der Waals surface area contributed by atoms with Gasteiger partial charge < -0.3 is 14.7 Å². The highest BCUT2D eigenvalue weighted by Gasteiger charge is 2.44. The normalized spacial score (nSPS) is 23.7. The largest absolute Gasteiger partial charge is 0.497 e. The lowest BCUT2D eigenvalue weighted by molar-refractivity contribution is -0.0174. The number of ether oxygens (including phenoxy) is 1. The second-order valence-corrected chi connectivity index (χ2v) is 9.89. The van der Waals surface area contributed by atoms with Gasteiger partial charge in [0.25, 0.3) is 0 Å². The van der Waals surface area contributed by atoms with Gasteiger partial charge in [0, 0.05) is 12.5 Å². The Balaban J connectivity index is 2.06. The van der Waals surface area contributed by atoms with Gasteiger partial charge in [-0.25, -0.2) is 0 Å². The minimum atomic E-state index is -0.959. The molecule has 1 N–H and O–H groups in total. The SMILES string of the molecule is COc1ccc(/C=C2\CCCC(CN(C)C)C2(O)c2ccc(C(C)(C)C)cc2)cc1. The third-order valence-corrected chi connectivity index (χ3v) is 6.31. The standard InChI is InChI=1S/C27H37NO2/c1-26(2,3)21-12-14-22(15-13-21)27(29)23(8-7-9-24(27)19-28(4)5)18-20-10-16-25(30-6)17-11-20/h10-18,24,29H,7-9,19H2,1-6H3/b23-18+. The zero-order valence-electron chi connectivity index (χ0n) is 19.4. The molecule has 0 aliphatic heterocycles. The quantitative estimate of drug-likeness (QED) is 0.698. The van der Waals surface area contributed by atoms with Crippen molar-refractivity contribution in [1.29, 1.82) is 0 Å². The Labute approximate surface area is 182 Å². The summed E-state index contributed by atoms with van der Waals surface area (Å²) >= 11 is 0. The van der Waals surface area contributed by atoms with Gasteiger partial charge in [0.15, 0.2) is 0 Å². The molecule has 30 heavy (non-hydrogen) atoms. The predicted molar refractivity (Wildman–Crippen MR) is 126 cm³/mol. The third-order valence-electron chi connectivity index (χ3n) is 6.31. The van der Waals surface area contributed by atoms with Crippen molar-refractivity contribution in [2.45, 2.75) is 51.0 Å². The summed E-state index contributed by atoms with van der Waals surface area (Å²) in [4.78, 5) is 2.19. The Bertz CT molecular complexity index is 859. The molecule has 0 heterocycles. The fourth-order valence-corrected chi connectivity index (χ4v) is 4.59. The molecule has 162 valence electrons. The van der Waals surface area contributed by atoms with Gasteiger partial charge in [-0.3, -0.25) is 0 Å². The summed E-state index contributed by atoms with van der Waals surface area (Å²) in [5.74, 6) is 1.01. The minimum Gasteiger partial charge on any atom is -0.497 e. The Hall–Kier alpha value is -2.10. The number of benzene rings is 2. The van der Waals surface area contributed by atoms with E-state index in [0.717, 1.165) is 48.3 Å². The summed E-state index contributed by atoms with van der Waals surface area (Å²) in [5, 5.41) is 12.2. The molecule has 2 aromatic rings. The van der Waals surface area contributed by atoms with E-state index in [9.17, 15) is 5.11 Å². The Morgan fingerprint density at radius 1 is 1.07 bits per heavy atom. The molecule has 2 aromatic carbocycles. The molecule has 1 aliphatic carbocycles. The van der Waals surface area contributed by atoms with Crippen LogP contribution >= 0.6 is 0 Å². The summed E-state index contributed by atoms with van der Waals surface area (Å²) in [6, 6.07) is 16.7. The second-order valence-electron chi connectivity index (χ2n) is 9.89. The van der Waals surface area contributed by atoms with Crippen molar-refractivity contribution < 1.29 is 9.84 Å². The first-order valence-electron chi connectivity index (χ1n) is 11.0. The molecular formula is C27H37NO2. The molecule has 3 heteroatoms. The average Bonchev–Trinajstić information content (AvgIpc) is 2.71. The number of hydrogen-bond acceptors (Lipinski definition) is 3. The predicted octanol–water partition coefficient (Wildman–Crippen LogP) is 5.63. The summed E-state index contributed by atoms with van der Waals surface area (Å²) in [7, 11) is 5.86. The fourth-order valence-electron chi connectivity index (χ4n) is 4.59. The van der Waals surface area contributed by atoms with Gasteiger partial charge >= 0.3 is 0 Å². The van der Waals surface area contributed by atoms with E-state index in [2.05, 4.69) is 82.2 Å². The monoisotopic (exact) mass is 407 g/mol. The number of hydrogen-bond donors (Lipinski definition) is 1. The molecule has 2 atom stereocenters. The van der Waals surface area contributed by atoms with Gasteiger partial charge in [-0.2, -0.15) is 0 Å². The van der Waals surface area contributed by atoms with Crippen LogP contribution in [0.3, 0.4) is 0 Å². The van der Waals surface area contributed by atoms with Crippen LogP contribution < -0.4 is 4.74 Å². The van der Waals surface area contributed by atoms with E-state index in [4.69, 9.17) is 4.74 Å². The van der Waals surface area contributed by atoms with Crippen molar-refractivity contribution in [3.05, 3.63) is 70.8 Å². The summed E-state index contributed by atoms with van der Waals surface area (Å²) in [6.07, 6.45) is 5.21. The number of aliphatic hydroxyl groups is 1. The van der Waals surface area contributed by atoms with Gasteiger partial charge in [-0.05, 0) is 73.2 Å². The second kappa shape index (κ2) is 8.95. The van der Waals surface area contributed by atoms with Gasteiger partial charge in [0.1, 0.15) is 11.4 Å². The van der Waals surface area contributed by atoms with E-state index >= 15 is 0 Å². The molecule has 3 rings (SSSR count). The van der Waals surface area contributed by atoms with Gasteiger partial charge in [-0.15, -0.1) is 0 Å². The van der Waals surface area contributed by atoms with E-state index in [1.165, 1.54) is 5.56 Å². The molecule has 0 saturated heterocycles. The van der Waals surface area contributed by atoms with Crippen molar-refractivity contribution in [1.82, 2.24) is 4.90 Å². The van der Waals surface area contributed by atoms with Gasteiger partial charge in [0.2, 0.25) is 0 Å². The van der Waals surface area contributed by atoms with Crippen LogP contribution in [0.25, 0.3) is 6.08 Å².